The second-order valence-corrected chi connectivity index (χ2v) is 5.10. The lowest BCUT2D eigenvalue weighted by molar-refractivity contribution is -0.126. The van der Waals surface area contributed by atoms with Gasteiger partial charge in [-0.05, 0) is 50.6 Å². The lowest BCUT2D eigenvalue weighted by Crippen LogP contribution is -2.40. The van der Waals surface area contributed by atoms with Crippen molar-refractivity contribution in [2.45, 2.75) is 39.0 Å². The first-order valence-electron chi connectivity index (χ1n) is 6.24. The van der Waals surface area contributed by atoms with Gasteiger partial charge in [0.2, 0.25) is 5.91 Å². The van der Waals surface area contributed by atoms with E-state index in [2.05, 4.69) is 17.6 Å². The normalized spacial score (nSPS) is 23.3. The first kappa shape index (κ1) is 13.8. The summed E-state index contributed by atoms with van der Waals surface area (Å²) < 4.78 is 0. The molecule has 1 saturated heterocycles. The highest BCUT2D eigenvalue weighted by Gasteiger charge is 2.40. The molecule has 0 aromatic heterocycles. The topological polar surface area (TPSA) is 41.1 Å². The second kappa shape index (κ2) is 5.87. The summed E-state index contributed by atoms with van der Waals surface area (Å²) in [6.07, 6.45) is 5.82. The minimum Gasteiger partial charge on any atom is -0.355 e. The van der Waals surface area contributed by atoms with Crippen LogP contribution in [0.4, 0.5) is 0 Å². The summed E-state index contributed by atoms with van der Waals surface area (Å²) in [6, 6.07) is 0. The molecule has 0 aromatic carbocycles. The van der Waals surface area contributed by atoms with E-state index in [0.717, 1.165) is 32.5 Å². The molecule has 2 fully saturated rings. The SMILES string of the molecule is CCC1(CNC(=O)C2CCNCC2)CC1.Cl. The van der Waals surface area contributed by atoms with Crippen molar-refractivity contribution in [2.24, 2.45) is 11.3 Å². The maximum atomic E-state index is 11.8. The third-order valence-corrected chi connectivity index (χ3v) is 4.05. The number of halogens is 1. The largest absolute Gasteiger partial charge is 0.355 e. The van der Waals surface area contributed by atoms with Crippen molar-refractivity contribution in [3.05, 3.63) is 0 Å². The molecule has 3 nitrogen and oxygen atoms in total. The zero-order chi connectivity index (χ0) is 10.7. The molecule has 1 saturated carbocycles. The highest BCUT2D eigenvalue weighted by atomic mass is 35.5. The standard InChI is InChI=1S/C12H22N2O.ClH/c1-2-12(5-6-12)9-14-11(15)10-3-7-13-8-4-10;/h10,13H,2-9H2,1H3,(H,14,15);1H. The molecule has 1 amide bonds. The number of rotatable bonds is 4. The maximum absolute atomic E-state index is 11.8. The third kappa shape index (κ3) is 3.36. The molecular weight excluding hydrogens is 224 g/mol. The maximum Gasteiger partial charge on any atom is 0.223 e. The van der Waals surface area contributed by atoms with E-state index in [9.17, 15) is 4.79 Å². The Bertz CT molecular complexity index is 235. The van der Waals surface area contributed by atoms with Crippen molar-refractivity contribution in [1.29, 1.82) is 0 Å². The highest BCUT2D eigenvalue weighted by molar-refractivity contribution is 5.85. The minimum absolute atomic E-state index is 0. The van der Waals surface area contributed by atoms with Crippen molar-refractivity contribution in [3.8, 4) is 0 Å². The van der Waals surface area contributed by atoms with E-state index < -0.39 is 0 Å². The summed E-state index contributed by atoms with van der Waals surface area (Å²) >= 11 is 0. The van der Waals surface area contributed by atoms with Crippen molar-refractivity contribution in [1.82, 2.24) is 10.6 Å². The molecule has 94 valence electrons. The Kier molecular flexibility index (Phi) is 5.06. The molecule has 0 spiro atoms. The summed E-state index contributed by atoms with van der Waals surface area (Å²) in [5, 5.41) is 6.42. The number of carbonyl (C=O) groups excluding carboxylic acids is 1. The van der Waals surface area contributed by atoms with E-state index in [1.807, 2.05) is 0 Å². The van der Waals surface area contributed by atoms with E-state index in [1.54, 1.807) is 0 Å². The van der Waals surface area contributed by atoms with Crippen LogP contribution in [0.5, 0.6) is 0 Å². The molecular formula is C12H23ClN2O. The fraction of sp³-hybridized carbons (Fsp3) is 0.917. The predicted molar refractivity (Wildman–Crippen MR) is 67.8 cm³/mol. The van der Waals surface area contributed by atoms with Gasteiger partial charge in [-0.2, -0.15) is 0 Å². The van der Waals surface area contributed by atoms with Crippen molar-refractivity contribution in [3.63, 3.8) is 0 Å². The number of amides is 1. The average molecular weight is 247 g/mol. The molecule has 2 rings (SSSR count). The quantitative estimate of drug-likeness (QED) is 0.793. The van der Waals surface area contributed by atoms with Crippen LogP contribution in [0.15, 0.2) is 0 Å². The van der Waals surface area contributed by atoms with Gasteiger partial charge in [-0.3, -0.25) is 4.79 Å². The Morgan fingerprint density at radius 1 is 1.38 bits per heavy atom. The molecule has 1 aliphatic heterocycles. The molecule has 4 heteroatoms. The minimum atomic E-state index is 0. The monoisotopic (exact) mass is 246 g/mol. The molecule has 2 N–H and O–H groups in total. The van der Waals surface area contributed by atoms with E-state index in [4.69, 9.17) is 0 Å². The van der Waals surface area contributed by atoms with Crippen LogP contribution >= 0.6 is 12.4 Å². The van der Waals surface area contributed by atoms with Gasteiger partial charge < -0.3 is 10.6 Å². The van der Waals surface area contributed by atoms with Gasteiger partial charge in [0, 0.05) is 12.5 Å². The van der Waals surface area contributed by atoms with Crippen molar-refractivity contribution in [2.75, 3.05) is 19.6 Å². The van der Waals surface area contributed by atoms with E-state index in [-0.39, 0.29) is 24.2 Å². The number of carbonyl (C=O) groups is 1. The van der Waals surface area contributed by atoms with Crippen LogP contribution in [-0.4, -0.2) is 25.5 Å². The molecule has 0 bridgehead atoms. The van der Waals surface area contributed by atoms with Crippen LogP contribution in [0.2, 0.25) is 0 Å². The zero-order valence-corrected chi connectivity index (χ0v) is 10.9. The van der Waals surface area contributed by atoms with Crippen LogP contribution in [0.1, 0.15) is 39.0 Å². The molecule has 0 atom stereocenters. The molecule has 0 radical (unpaired) electrons. The Balaban J connectivity index is 0.00000128. The van der Waals surface area contributed by atoms with Crippen LogP contribution in [-0.2, 0) is 4.79 Å². The van der Waals surface area contributed by atoms with Gasteiger partial charge in [-0.15, -0.1) is 12.4 Å². The fourth-order valence-electron chi connectivity index (χ4n) is 2.34. The summed E-state index contributed by atoms with van der Waals surface area (Å²) in [5.41, 5.74) is 0.475. The van der Waals surface area contributed by atoms with Crippen LogP contribution in [0.25, 0.3) is 0 Å². The van der Waals surface area contributed by atoms with Crippen LogP contribution in [0, 0.1) is 11.3 Å². The predicted octanol–water partition coefficient (Wildman–Crippen LogP) is 1.71. The zero-order valence-electron chi connectivity index (χ0n) is 10.1. The lowest BCUT2D eigenvalue weighted by Gasteiger charge is -2.23. The Morgan fingerprint density at radius 3 is 2.50 bits per heavy atom. The first-order valence-corrected chi connectivity index (χ1v) is 6.24. The number of nitrogens with one attached hydrogen (secondary N) is 2. The Morgan fingerprint density at radius 2 is 2.00 bits per heavy atom. The smallest absolute Gasteiger partial charge is 0.223 e. The number of hydrogen-bond acceptors (Lipinski definition) is 2. The highest BCUT2D eigenvalue weighted by Crippen LogP contribution is 2.47. The molecule has 2 aliphatic rings. The Hall–Kier alpha value is -0.280. The lowest BCUT2D eigenvalue weighted by atomic mass is 9.96. The number of hydrogen-bond donors (Lipinski definition) is 2. The van der Waals surface area contributed by atoms with Gasteiger partial charge in [-0.25, -0.2) is 0 Å². The third-order valence-electron chi connectivity index (χ3n) is 4.05. The first-order chi connectivity index (χ1) is 7.26. The van der Waals surface area contributed by atoms with Crippen LogP contribution in [0.3, 0.4) is 0 Å². The Labute approximate surface area is 104 Å². The van der Waals surface area contributed by atoms with Gasteiger partial charge in [-0.1, -0.05) is 6.92 Å². The van der Waals surface area contributed by atoms with Crippen molar-refractivity contribution < 1.29 is 4.79 Å². The average Bonchev–Trinajstić information content (AvgIpc) is 3.08. The molecule has 0 unspecified atom stereocenters. The van der Waals surface area contributed by atoms with E-state index in [1.165, 1.54) is 19.3 Å². The van der Waals surface area contributed by atoms with Crippen LogP contribution < -0.4 is 10.6 Å². The van der Waals surface area contributed by atoms with E-state index >= 15 is 0 Å². The molecule has 16 heavy (non-hydrogen) atoms. The van der Waals surface area contributed by atoms with Crippen molar-refractivity contribution >= 4 is 18.3 Å². The van der Waals surface area contributed by atoms with Gasteiger partial charge in [0.15, 0.2) is 0 Å². The molecule has 0 aromatic rings. The summed E-state index contributed by atoms with van der Waals surface area (Å²) in [6.45, 7) is 5.13. The van der Waals surface area contributed by atoms with Gasteiger partial charge >= 0.3 is 0 Å². The summed E-state index contributed by atoms with van der Waals surface area (Å²) in [4.78, 5) is 11.8. The number of piperidine rings is 1. The van der Waals surface area contributed by atoms with Gasteiger partial charge in [0.05, 0.1) is 0 Å². The molecule has 1 aliphatic carbocycles. The van der Waals surface area contributed by atoms with Gasteiger partial charge in [0.25, 0.3) is 0 Å². The van der Waals surface area contributed by atoms with Gasteiger partial charge in [0.1, 0.15) is 0 Å². The summed E-state index contributed by atoms with van der Waals surface area (Å²) in [7, 11) is 0. The summed E-state index contributed by atoms with van der Waals surface area (Å²) in [5.74, 6) is 0.551. The molecule has 1 heterocycles. The fourth-order valence-corrected chi connectivity index (χ4v) is 2.34. The second-order valence-electron chi connectivity index (χ2n) is 5.10. The van der Waals surface area contributed by atoms with E-state index in [0.29, 0.717) is 5.41 Å².